The monoisotopic (exact) mass is 358 g/mol. The van der Waals surface area contributed by atoms with E-state index in [-0.39, 0.29) is 15.7 Å². The lowest BCUT2D eigenvalue weighted by atomic mass is 10.1. The van der Waals surface area contributed by atoms with Crippen LogP contribution in [0.15, 0.2) is 12.3 Å². The Morgan fingerprint density at radius 2 is 2.00 bits per heavy atom. The Bertz CT molecular complexity index is 759. The summed E-state index contributed by atoms with van der Waals surface area (Å²) in [5.74, 6) is -0.929. The van der Waals surface area contributed by atoms with Crippen LogP contribution >= 0.6 is 34.5 Å². The summed E-state index contributed by atoms with van der Waals surface area (Å²) in [5, 5.41) is 3.42. The predicted molar refractivity (Wildman–Crippen MR) is 87.3 cm³/mol. The number of ether oxygens (including phenoxy) is 1. The number of carbonyl (C=O) groups excluding carboxylic acids is 2. The van der Waals surface area contributed by atoms with E-state index in [2.05, 4.69) is 10.3 Å². The van der Waals surface area contributed by atoms with E-state index in [0.717, 1.165) is 10.4 Å². The molecule has 0 saturated heterocycles. The number of nitrogens with zero attached hydrogens (tertiary/aromatic N) is 1. The van der Waals surface area contributed by atoms with Gasteiger partial charge in [-0.3, -0.25) is 4.79 Å². The molecule has 1 N–H and O–H groups in total. The second-order valence-corrected chi connectivity index (χ2v) is 6.42. The molecule has 0 fully saturated rings. The molecule has 0 aromatic carbocycles. The molecule has 8 heteroatoms. The minimum Gasteiger partial charge on any atom is -0.465 e. The Kier molecular flexibility index (Phi) is 5.05. The van der Waals surface area contributed by atoms with Gasteiger partial charge in [-0.25, -0.2) is 9.78 Å². The van der Waals surface area contributed by atoms with Gasteiger partial charge in [0.15, 0.2) is 0 Å². The molecule has 1 amide bonds. The number of anilines is 1. The zero-order valence-corrected chi connectivity index (χ0v) is 14.3. The van der Waals surface area contributed by atoms with Crippen LogP contribution in [0.4, 0.5) is 5.00 Å². The Hall–Kier alpha value is -1.63. The molecule has 0 spiro atoms. The topological polar surface area (TPSA) is 68.3 Å². The molecule has 0 bridgehead atoms. The number of rotatable bonds is 3. The van der Waals surface area contributed by atoms with Crippen LogP contribution in [0.5, 0.6) is 0 Å². The molecular formula is C14H12Cl2N2O3S. The number of hydrogen-bond donors (Lipinski definition) is 1. The van der Waals surface area contributed by atoms with Crippen LogP contribution in [-0.4, -0.2) is 24.0 Å². The van der Waals surface area contributed by atoms with Crippen molar-refractivity contribution in [3.8, 4) is 0 Å². The van der Waals surface area contributed by atoms with Crippen molar-refractivity contribution in [2.75, 3.05) is 12.4 Å². The number of hydrogen-bond acceptors (Lipinski definition) is 5. The standard InChI is InChI=1S/C14H12Cl2N2O3S/c1-6-7(2)22-13(10(6)14(20)21-3)18-12(19)8-4-9(15)11(16)17-5-8/h4-5H,1-3H3,(H,18,19). The van der Waals surface area contributed by atoms with Gasteiger partial charge in [-0.2, -0.15) is 0 Å². The van der Waals surface area contributed by atoms with E-state index < -0.39 is 11.9 Å². The maximum Gasteiger partial charge on any atom is 0.341 e. The number of thiophene rings is 1. The van der Waals surface area contributed by atoms with Crippen LogP contribution in [0.3, 0.4) is 0 Å². The molecule has 0 atom stereocenters. The molecule has 22 heavy (non-hydrogen) atoms. The van der Waals surface area contributed by atoms with E-state index in [4.69, 9.17) is 27.9 Å². The van der Waals surface area contributed by atoms with Gasteiger partial charge in [0.05, 0.1) is 23.3 Å². The van der Waals surface area contributed by atoms with Crippen LogP contribution in [-0.2, 0) is 4.74 Å². The molecule has 116 valence electrons. The van der Waals surface area contributed by atoms with Gasteiger partial charge in [0.1, 0.15) is 10.2 Å². The lowest BCUT2D eigenvalue weighted by Crippen LogP contribution is -2.14. The van der Waals surface area contributed by atoms with Gasteiger partial charge in [-0.1, -0.05) is 23.2 Å². The molecule has 0 saturated carbocycles. The summed E-state index contributed by atoms with van der Waals surface area (Å²) >= 11 is 12.9. The van der Waals surface area contributed by atoms with Crippen molar-refractivity contribution in [1.29, 1.82) is 0 Å². The fourth-order valence-corrected chi connectivity index (χ4v) is 3.10. The lowest BCUT2D eigenvalue weighted by molar-refractivity contribution is 0.0601. The quantitative estimate of drug-likeness (QED) is 0.662. The SMILES string of the molecule is COC(=O)c1c(NC(=O)c2cnc(Cl)c(Cl)c2)sc(C)c1C. The summed E-state index contributed by atoms with van der Waals surface area (Å²) < 4.78 is 4.76. The first-order chi connectivity index (χ1) is 10.3. The highest BCUT2D eigenvalue weighted by molar-refractivity contribution is 7.16. The van der Waals surface area contributed by atoms with Crippen molar-refractivity contribution in [3.05, 3.63) is 44.0 Å². The average molecular weight is 359 g/mol. The van der Waals surface area contributed by atoms with Crippen molar-refractivity contribution in [3.63, 3.8) is 0 Å². The molecule has 0 aliphatic carbocycles. The first kappa shape index (κ1) is 16.7. The number of pyridine rings is 1. The van der Waals surface area contributed by atoms with Gasteiger partial charge >= 0.3 is 5.97 Å². The highest BCUT2D eigenvalue weighted by atomic mass is 35.5. The van der Waals surface area contributed by atoms with Gasteiger partial charge in [0, 0.05) is 11.1 Å². The van der Waals surface area contributed by atoms with E-state index >= 15 is 0 Å². The summed E-state index contributed by atoms with van der Waals surface area (Å²) in [5.41, 5.74) is 1.37. The molecule has 0 aliphatic rings. The first-order valence-corrected chi connectivity index (χ1v) is 7.73. The number of amides is 1. The summed E-state index contributed by atoms with van der Waals surface area (Å²) in [6, 6.07) is 1.41. The number of methoxy groups -OCH3 is 1. The van der Waals surface area contributed by atoms with Gasteiger partial charge in [0.25, 0.3) is 5.91 Å². The lowest BCUT2D eigenvalue weighted by Gasteiger charge is -2.06. The van der Waals surface area contributed by atoms with Crippen molar-refractivity contribution >= 4 is 51.4 Å². The van der Waals surface area contributed by atoms with Crippen LogP contribution in [0.1, 0.15) is 31.2 Å². The van der Waals surface area contributed by atoms with Crippen LogP contribution in [0.2, 0.25) is 10.2 Å². The smallest absolute Gasteiger partial charge is 0.341 e. The van der Waals surface area contributed by atoms with Gasteiger partial charge < -0.3 is 10.1 Å². The largest absolute Gasteiger partial charge is 0.465 e. The average Bonchev–Trinajstić information content (AvgIpc) is 2.75. The second-order valence-electron chi connectivity index (χ2n) is 4.43. The molecule has 2 aromatic heterocycles. The normalized spacial score (nSPS) is 10.4. The van der Waals surface area contributed by atoms with E-state index in [0.29, 0.717) is 10.6 Å². The fourth-order valence-electron chi connectivity index (χ4n) is 1.78. The highest BCUT2D eigenvalue weighted by Gasteiger charge is 2.22. The van der Waals surface area contributed by atoms with E-state index in [1.165, 1.54) is 30.7 Å². The Morgan fingerprint density at radius 1 is 1.32 bits per heavy atom. The third-order valence-electron chi connectivity index (χ3n) is 3.06. The molecule has 0 radical (unpaired) electrons. The van der Waals surface area contributed by atoms with E-state index in [9.17, 15) is 9.59 Å². The number of aromatic nitrogens is 1. The maximum atomic E-state index is 12.3. The molecule has 0 unspecified atom stereocenters. The van der Waals surface area contributed by atoms with Crippen LogP contribution in [0, 0.1) is 13.8 Å². The number of nitrogens with one attached hydrogen (secondary N) is 1. The van der Waals surface area contributed by atoms with Crippen molar-refractivity contribution in [1.82, 2.24) is 4.98 Å². The third kappa shape index (κ3) is 3.24. The third-order valence-corrected chi connectivity index (χ3v) is 4.87. The minimum atomic E-state index is -0.496. The summed E-state index contributed by atoms with van der Waals surface area (Å²) in [6.07, 6.45) is 1.31. The zero-order chi connectivity index (χ0) is 16.4. The van der Waals surface area contributed by atoms with Gasteiger partial charge in [-0.05, 0) is 25.5 Å². The first-order valence-electron chi connectivity index (χ1n) is 6.15. The van der Waals surface area contributed by atoms with Crippen LogP contribution in [0.25, 0.3) is 0 Å². The minimum absolute atomic E-state index is 0.122. The van der Waals surface area contributed by atoms with Crippen molar-refractivity contribution in [2.45, 2.75) is 13.8 Å². The van der Waals surface area contributed by atoms with E-state index in [1.807, 2.05) is 6.92 Å². The van der Waals surface area contributed by atoms with Crippen molar-refractivity contribution < 1.29 is 14.3 Å². The Labute approximate surface area is 141 Å². The Balaban J connectivity index is 2.34. The summed E-state index contributed by atoms with van der Waals surface area (Å²) in [4.78, 5) is 28.9. The predicted octanol–water partition coefficient (Wildman–Crippen LogP) is 4.11. The van der Waals surface area contributed by atoms with E-state index in [1.54, 1.807) is 6.92 Å². The highest BCUT2D eigenvalue weighted by Crippen LogP contribution is 2.33. The summed E-state index contributed by atoms with van der Waals surface area (Å²) in [7, 11) is 1.29. The van der Waals surface area contributed by atoms with Crippen LogP contribution < -0.4 is 5.32 Å². The number of carbonyl (C=O) groups is 2. The van der Waals surface area contributed by atoms with Gasteiger partial charge in [0.2, 0.25) is 0 Å². The van der Waals surface area contributed by atoms with Gasteiger partial charge in [-0.15, -0.1) is 11.3 Å². The molecule has 2 heterocycles. The fraction of sp³-hybridized carbons (Fsp3) is 0.214. The molecular weight excluding hydrogens is 347 g/mol. The van der Waals surface area contributed by atoms with Crippen molar-refractivity contribution in [2.24, 2.45) is 0 Å². The molecule has 0 aliphatic heterocycles. The molecule has 5 nitrogen and oxygen atoms in total. The summed E-state index contributed by atoms with van der Waals surface area (Å²) in [6.45, 7) is 3.66. The number of aryl methyl sites for hydroxylation is 1. The second kappa shape index (κ2) is 6.64. The molecule has 2 rings (SSSR count). The maximum absolute atomic E-state index is 12.3. The number of esters is 1. The zero-order valence-electron chi connectivity index (χ0n) is 12.0. The number of halogens is 2. The Morgan fingerprint density at radius 3 is 2.59 bits per heavy atom. The molecule has 2 aromatic rings.